The molecule has 6 nitrogen and oxygen atoms in total. The Morgan fingerprint density at radius 3 is 2.92 bits per heavy atom. The van der Waals surface area contributed by atoms with Crippen LogP contribution in [0.2, 0.25) is 0 Å². The number of benzene rings is 1. The highest BCUT2D eigenvalue weighted by atomic mass is 32.1. The maximum absolute atomic E-state index is 13.6. The monoisotopic (exact) mass is 376 g/mol. The van der Waals surface area contributed by atoms with E-state index in [4.69, 9.17) is 0 Å². The van der Waals surface area contributed by atoms with Crippen molar-refractivity contribution in [1.29, 1.82) is 0 Å². The first kappa shape index (κ1) is 18.5. The standard InChI is InChI=1S/C18H21FN4O2S/c1-2-23-9-5-6-12(23)10-20-17(25)15-11-26-18(21-15)22-16(24)13-7-3-4-8-14(13)19/h3-4,7-8,11-12H,2,5-6,9-10H2,1H3,(H,20,25)(H,21,22,24). The van der Waals surface area contributed by atoms with Gasteiger partial charge in [0, 0.05) is 18.0 Å². The van der Waals surface area contributed by atoms with Gasteiger partial charge in [-0.2, -0.15) is 0 Å². The molecule has 1 aromatic carbocycles. The molecule has 1 aliphatic rings. The zero-order valence-electron chi connectivity index (χ0n) is 14.5. The fourth-order valence-corrected chi connectivity index (χ4v) is 3.77. The Balaban J connectivity index is 1.56. The maximum Gasteiger partial charge on any atom is 0.270 e. The number of amides is 2. The molecule has 2 aromatic rings. The molecular formula is C18H21FN4O2S. The van der Waals surface area contributed by atoms with Crippen molar-refractivity contribution in [2.75, 3.05) is 25.0 Å². The molecule has 1 unspecified atom stereocenters. The fourth-order valence-electron chi connectivity index (χ4n) is 3.09. The van der Waals surface area contributed by atoms with E-state index in [0.717, 1.165) is 37.3 Å². The lowest BCUT2D eigenvalue weighted by atomic mass is 10.2. The van der Waals surface area contributed by atoms with Gasteiger partial charge in [0.1, 0.15) is 11.5 Å². The van der Waals surface area contributed by atoms with Gasteiger partial charge in [0.15, 0.2) is 5.13 Å². The number of likely N-dealkylation sites (N-methyl/N-ethyl adjacent to an activating group) is 1. The van der Waals surface area contributed by atoms with Crippen LogP contribution in [0.5, 0.6) is 0 Å². The summed E-state index contributed by atoms with van der Waals surface area (Å²) >= 11 is 1.13. The van der Waals surface area contributed by atoms with Crippen LogP contribution in [0.25, 0.3) is 0 Å². The van der Waals surface area contributed by atoms with Crippen LogP contribution in [0, 0.1) is 5.82 Å². The summed E-state index contributed by atoms with van der Waals surface area (Å²) in [5.74, 6) is -1.46. The SMILES string of the molecule is CCN1CCCC1CNC(=O)c1csc(NC(=O)c2ccccc2F)n1. The third-order valence-electron chi connectivity index (χ3n) is 4.48. The number of anilines is 1. The molecule has 26 heavy (non-hydrogen) atoms. The highest BCUT2D eigenvalue weighted by molar-refractivity contribution is 7.14. The van der Waals surface area contributed by atoms with E-state index in [1.807, 2.05) is 0 Å². The van der Waals surface area contributed by atoms with Crippen LogP contribution in [-0.2, 0) is 0 Å². The van der Waals surface area contributed by atoms with E-state index in [2.05, 4.69) is 27.4 Å². The maximum atomic E-state index is 13.6. The van der Waals surface area contributed by atoms with E-state index in [-0.39, 0.29) is 22.3 Å². The molecule has 0 bridgehead atoms. The van der Waals surface area contributed by atoms with Crippen molar-refractivity contribution in [2.24, 2.45) is 0 Å². The molecule has 1 fully saturated rings. The first-order valence-corrected chi connectivity index (χ1v) is 9.50. The minimum absolute atomic E-state index is 0.0606. The molecule has 1 saturated heterocycles. The summed E-state index contributed by atoms with van der Waals surface area (Å²) in [7, 11) is 0. The Kier molecular flexibility index (Phi) is 5.95. The lowest BCUT2D eigenvalue weighted by Gasteiger charge is -2.22. The normalized spacial score (nSPS) is 17.2. The fraction of sp³-hybridized carbons (Fsp3) is 0.389. The van der Waals surface area contributed by atoms with Crippen molar-refractivity contribution in [2.45, 2.75) is 25.8 Å². The Bertz CT molecular complexity index is 795. The van der Waals surface area contributed by atoms with Crippen LogP contribution in [0.15, 0.2) is 29.6 Å². The second-order valence-electron chi connectivity index (χ2n) is 6.11. The molecule has 0 aliphatic carbocycles. The first-order chi connectivity index (χ1) is 12.6. The number of rotatable bonds is 6. The summed E-state index contributed by atoms with van der Waals surface area (Å²) in [5.41, 5.74) is 0.189. The van der Waals surface area contributed by atoms with E-state index in [1.165, 1.54) is 18.2 Å². The van der Waals surface area contributed by atoms with Gasteiger partial charge in [0.2, 0.25) is 0 Å². The number of halogens is 1. The van der Waals surface area contributed by atoms with Crippen LogP contribution in [0.3, 0.4) is 0 Å². The van der Waals surface area contributed by atoms with E-state index in [0.29, 0.717) is 12.6 Å². The zero-order valence-corrected chi connectivity index (χ0v) is 15.3. The summed E-state index contributed by atoms with van der Waals surface area (Å²) in [6, 6.07) is 6.08. The van der Waals surface area contributed by atoms with E-state index in [1.54, 1.807) is 11.4 Å². The van der Waals surface area contributed by atoms with Crippen LogP contribution < -0.4 is 10.6 Å². The third kappa shape index (κ3) is 4.25. The Morgan fingerprint density at radius 1 is 1.35 bits per heavy atom. The largest absolute Gasteiger partial charge is 0.349 e. The van der Waals surface area contributed by atoms with Gasteiger partial charge in [-0.3, -0.25) is 19.8 Å². The second-order valence-corrected chi connectivity index (χ2v) is 6.96. The topological polar surface area (TPSA) is 74.3 Å². The van der Waals surface area contributed by atoms with E-state index >= 15 is 0 Å². The van der Waals surface area contributed by atoms with Gasteiger partial charge in [-0.05, 0) is 38.1 Å². The van der Waals surface area contributed by atoms with Gasteiger partial charge in [0.05, 0.1) is 5.56 Å². The van der Waals surface area contributed by atoms with Gasteiger partial charge in [-0.25, -0.2) is 9.37 Å². The minimum Gasteiger partial charge on any atom is -0.349 e. The molecule has 3 rings (SSSR count). The zero-order chi connectivity index (χ0) is 18.5. The van der Waals surface area contributed by atoms with E-state index < -0.39 is 11.7 Å². The summed E-state index contributed by atoms with van der Waals surface area (Å²) in [6.07, 6.45) is 2.23. The molecule has 0 spiro atoms. The van der Waals surface area contributed by atoms with Gasteiger partial charge in [-0.15, -0.1) is 11.3 Å². The highest BCUT2D eigenvalue weighted by Gasteiger charge is 2.24. The Hall–Kier alpha value is -2.32. The van der Waals surface area contributed by atoms with Crippen molar-refractivity contribution >= 4 is 28.3 Å². The van der Waals surface area contributed by atoms with Crippen LogP contribution in [0.4, 0.5) is 9.52 Å². The smallest absolute Gasteiger partial charge is 0.270 e. The third-order valence-corrected chi connectivity index (χ3v) is 5.24. The number of nitrogens with one attached hydrogen (secondary N) is 2. The highest BCUT2D eigenvalue weighted by Crippen LogP contribution is 2.18. The average Bonchev–Trinajstić information content (AvgIpc) is 3.29. The van der Waals surface area contributed by atoms with Crippen molar-refractivity contribution < 1.29 is 14.0 Å². The predicted molar refractivity (Wildman–Crippen MR) is 99.1 cm³/mol. The number of aromatic nitrogens is 1. The van der Waals surface area contributed by atoms with Crippen molar-refractivity contribution in [3.63, 3.8) is 0 Å². The second kappa shape index (κ2) is 8.37. The molecule has 1 aromatic heterocycles. The van der Waals surface area contributed by atoms with Crippen LogP contribution in [-0.4, -0.2) is 47.4 Å². The van der Waals surface area contributed by atoms with Gasteiger partial charge < -0.3 is 5.32 Å². The summed E-state index contributed by atoms with van der Waals surface area (Å²) in [6.45, 7) is 4.75. The number of hydrogen-bond donors (Lipinski definition) is 2. The molecule has 0 radical (unpaired) electrons. The molecule has 1 atom stereocenters. The molecule has 2 amide bonds. The predicted octanol–water partition coefficient (Wildman–Crippen LogP) is 2.75. The number of carbonyl (C=O) groups excluding carboxylic acids is 2. The average molecular weight is 376 g/mol. The number of likely N-dealkylation sites (tertiary alicyclic amines) is 1. The molecule has 0 saturated carbocycles. The number of nitrogens with zero attached hydrogens (tertiary/aromatic N) is 2. The first-order valence-electron chi connectivity index (χ1n) is 8.62. The van der Waals surface area contributed by atoms with Crippen LogP contribution in [0.1, 0.15) is 40.6 Å². The molecule has 2 N–H and O–H groups in total. The molecule has 138 valence electrons. The molecule has 2 heterocycles. The Morgan fingerprint density at radius 2 is 2.15 bits per heavy atom. The summed E-state index contributed by atoms with van der Waals surface area (Å²) in [4.78, 5) is 30.8. The van der Waals surface area contributed by atoms with Crippen molar-refractivity contribution in [3.05, 3.63) is 46.7 Å². The Labute approximate surface area is 155 Å². The van der Waals surface area contributed by atoms with Crippen molar-refractivity contribution in [3.8, 4) is 0 Å². The number of carbonyl (C=O) groups is 2. The lowest BCUT2D eigenvalue weighted by Crippen LogP contribution is -2.40. The van der Waals surface area contributed by atoms with Crippen molar-refractivity contribution in [1.82, 2.24) is 15.2 Å². The quantitative estimate of drug-likeness (QED) is 0.813. The van der Waals surface area contributed by atoms with Gasteiger partial charge in [0.25, 0.3) is 11.8 Å². The number of hydrogen-bond acceptors (Lipinski definition) is 5. The molecule has 8 heteroatoms. The van der Waals surface area contributed by atoms with E-state index in [9.17, 15) is 14.0 Å². The van der Waals surface area contributed by atoms with Gasteiger partial charge >= 0.3 is 0 Å². The molecular weight excluding hydrogens is 355 g/mol. The number of thiazole rings is 1. The summed E-state index contributed by atoms with van der Waals surface area (Å²) < 4.78 is 13.6. The van der Waals surface area contributed by atoms with Gasteiger partial charge in [-0.1, -0.05) is 19.1 Å². The minimum atomic E-state index is -0.600. The van der Waals surface area contributed by atoms with Crippen LogP contribution >= 0.6 is 11.3 Å². The lowest BCUT2D eigenvalue weighted by molar-refractivity contribution is 0.0935. The summed E-state index contributed by atoms with van der Waals surface area (Å²) in [5, 5.41) is 7.28. The molecule has 1 aliphatic heterocycles.